The van der Waals surface area contributed by atoms with E-state index in [1.165, 1.54) is 32.1 Å². The molecule has 1 saturated carbocycles. The minimum atomic E-state index is -0.734. The van der Waals surface area contributed by atoms with Gasteiger partial charge in [0.15, 0.2) is 0 Å². The third-order valence-corrected chi connectivity index (χ3v) is 6.60. The number of piperidine rings is 1. The number of likely N-dealkylation sites (tertiary alicyclic amines) is 1. The van der Waals surface area contributed by atoms with Crippen LogP contribution in [0.4, 0.5) is 0 Å². The first-order chi connectivity index (χ1) is 12.1. The Morgan fingerprint density at radius 1 is 1.08 bits per heavy atom. The van der Waals surface area contributed by atoms with Crippen LogP contribution in [0.15, 0.2) is 0 Å². The topological polar surface area (TPSA) is 66.8 Å². The third-order valence-electron chi connectivity index (χ3n) is 6.60. The number of amides is 1. The van der Waals surface area contributed by atoms with Gasteiger partial charge < -0.3 is 14.7 Å². The molecule has 1 N–H and O–H groups in total. The van der Waals surface area contributed by atoms with E-state index < -0.39 is 5.97 Å². The van der Waals surface area contributed by atoms with E-state index in [1.807, 2.05) is 4.90 Å². The molecule has 0 aromatic rings. The molecule has 2 aliphatic heterocycles. The summed E-state index contributed by atoms with van der Waals surface area (Å²) >= 11 is 0. The van der Waals surface area contributed by atoms with Gasteiger partial charge in [-0.1, -0.05) is 39.0 Å². The SMILES string of the molecule is CC(CC1CCCCC1)C(=O)N1CCC([C@@H]2OCCC2C(=O)O)CC1. The molecule has 2 unspecified atom stereocenters. The Labute approximate surface area is 151 Å². The van der Waals surface area contributed by atoms with Gasteiger partial charge in [0.2, 0.25) is 5.91 Å². The van der Waals surface area contributed by atoms with Crippen LogP contribution in [0.25, 0.3) is 0 Å². The third kappa shape index (κ3) is 4.55. The first-order valence-electron chi connectivity index (χ1n) is 10.2. The Morgan fingerprint density at radius 2 is 1.76 bits per heavy atom. The summed E-state index contributed by atoms with van der Waals surface area (Å²) in [5.74, 6) is 0.328. The lowest BCUT2D eigenvalue weighted by Gasteiger charge is -2.37. The minimum absolute atomic E-state index is 0.120. The van der Waals surface area contributed by atoms with Crippen LogP contribution in [-0.4, -0.2) is 47.7 Å². The van der Waals surface area contributed by atoms with Crippen LogP contribution in [0.2, 0.25) is 0 Å². The van der Waals surface area contributed by atoms with Crippen molar-refractivity contribution in [2.24, 2.45) is 23.7 Å². The summed E-state index contributed by atoms with van der Waals surface area (Å²) in [6.07, 6.45) is 9.81. The second kappa shape index (κ2) is 8.52. The molecule has 0 radical (unpaired) electrons. The molecule has 3 rings (SSSR count). The molecule has 3 fully saturated rings. The molecular weight excluding hydrogens is 318 g/mol. The number of aliphatic carboxylic acids is 1. The maximum absolute atomic E-state index is 12.8. The number of ether oxygens (including phenoxy) is 1. The van der Waals surface area contributed by atoms with E-state index in [0.29, 0.717) is 18.9 Å². The Kier molecular flexibility index (Phi) is 6.37. The lowest BCUT2D eigenvalue weighted by atomic mass is 9.82. The molecule has 0 bridgehead atoms. The number of carboxylic acid groups (broad SMARTS) is 1. The second-order valence-corrected chi connectivity index (χ2v) is 8.37. The van der Waals surface area contributed by atoms with Crippen LogP contribution >= 0.6 is 0 Å². The van der Waals surface area contributed by atoms with E-state index >= 15 is 0 Å². The highest BCUT2D eigenvalue weighted by molar-refractivity contribution is 5.78. The highest BCUT2D eigenvalue weighted by atomic mass is 16.5. The van der Waals surface area contributed by atoms with Gasteiger partial charge in [-0.2, -0.15) is 0 Å². The van der Waals surface area contributed by atoms with Crippen molar-refractivity contribution in [2.75, 3.05) is 19.7 Å². The number of carbonyl (C=O) groups excluding carboxylic acids is 1. The number of hydrogen-bond acceptors (Lipinski definition) is 3. The predicted molar refractivity (Wildman–Crippen MR) is 95.1 cm³/mol. The molecule has 0 spiro atoms. The Balaban J connectivity index is 1.46. The molecule has 2 saturated heterocycles. The fourth-order valence-electron chi connectivity index (χ4n) is 5.12. The summed E-state index contributed by atoms with van der Waals surface area (Å²) in [5.41, 5.74) is 0. The number of carboxylic acids is 1. The zero-order valence-corrected chi connectivity index (χ0v) is 15.5. The van der Waals surface area contributed by atoms with Crippen LogP contribution in [0, 0.1) is 23.7 Å². The van der Waals surface area contributed by atoms with Crippen molar-refractivity contribution in [1.82, 2.24) is 4.90 Å². The molecule has 0 aromatic carbocycles. The quantitative estimate of drug-likeness (QED) is 0.825. The fraction of sp³-hybridized carbons (Fsp3) is 0.900. The first-order valence-corrected chi connectivity index (χ1v) is 10.2. The number of nitrogens with zero attached hydrogens (tertiary/aromatic N) is 1. The van der Waals surface area contributed by atoms with Crippen LogP contribution in [0.3, 0.4) is 0 Å². The molecule has 25 heavy (non-hydrogen) atoms. The summed E-state index contributed by atoms with van der Waals surface area (Å²) in [4.78, 5) is 26.1. The number of carbonyl (C=O) groups is 2. The standard InChI is InChI=1S/C20H33NO4/c1-14(13-15-5-3-2-4-6-15)19(22)21-10-7-16(8-11-21)18-17(20(23)24)9-12-25-18/h14-18H,2-13H2,1H3,(H,23,24)/t14?,17?,18-/m0/s1. The first kappa shape index (κ1) is 18.7. The Morgan fingerprint density at radius 3 is 2.40 bits per heavy atom. The van der Waals surface area contributed by atoms with E-state index in [2.05, 4.69) is 6.92 Å². The predicted octanol–water partition coefficient (Wildman–Crippen LogP) is 3.32. The van der Waals surface area contributed by atoms with Crippen molar-refractivity contribution in [2.45, 2.75) is 70.8 Å². The molecule has 1 amide bonds. The highest BCUT2D eigenvalue weighted by Gasteiger charge is 2.41. The molecule has 5 heteroatoms. The molecule has 3 atom stereocenters. The van der Waals surface area contributed by atoms with Crippen LogP contribution in [0.1, 0.15) is 64.7 Å². The Hall–Kier alpha value is -1.10. The van der Waals surface area contributed by atoms with Gasteiger partial charge in [-0.05, 0) is 37.5 Å². The summed E-state index contributed by atoms with van der Waals surface area (Å²) in [6, 6.07) is 0. The lowest BCUT2D eigenvalue weighted by molar-refractivity contribution is -0.146. The van der Waals surface area contributed by atoms with Gasteiger partial charge in [-0.25, -0.2) is 0 Å². The summed E-state index contributed by atoms with van der Waals surface area (Å²) < 4.78 is 5.73. The summed E-state index contributed by atoms with van der Waals surface area (Å²) in [7, 11) is 0. The van der Waals surface area contributed by atoms with Gasteiger partial charge >= 0.3 is 5.97 Å². The molecule has 0 aromatic heterocycles. The van der Waals surface area contributed by atoms with Gasteiger partial charge in [0.05, 0.1) is 12.0 Å². The van der Waals surface area contributed by atoms with E-state index in [1.54, 1.807) is 0 Å². The fourth-order valence-corrected chi connectivity index (χ4v) is 5.12. The molecule has 5 nitrogen and oxygen atoms in total. The van der Waals surface area contributed by atoms with Gasteiger partial charge in [0.1, 0.15) is 0 Å². The minimum Gasteiger partial charge on any atom is -0.481 e. The van der Waals surface area contributed by atoms with Gasteiger partial charge in [0.25, 0.3) is 0 Å². The maximum Gasteiger partial charge on any atom is 0.309 e. The normalized spacial score (nSPS) is 30.4. The van der Waals surface area contributed by atoms with E-state index in [0.717, 1.165) is 38.3 Å². The monoisotopic (exact) mass is 351 g/mol. The van der Waals surface area contributed by atoms with Crippen LogP contribution in [0.5, 0.6) is 0 Å². The van der Waals surface area contributed by atoms with E-state index in [9.17, 15) is 14.7 Å². The maximum atomic E-state index is 12.8. The van der Waals surface area contributed by atoms with Crippen molar-refractivity contribution in [3.63, 3.8) is 0 Å². The van der Waals surface area contributed by atoms with Crippen LogP contribution in [-0.2, 0) is 14.3 Å². The largest absolute Gasteiger partial charge is 0.481 e. The number of hydrogen-bond donors (Lipinski definition) is 1. The van der Waals surface area contributed by atoms with Gasteiger partial charge in [-0.15, -0.1) is 0 Å². The summed E-state index contributed by atoms with van der Waals surface area (Å²) in [6.45, 7) is 4.15. The second-order valence-electron chi connectivity index (χ2n) is 8.37. The average Bonchev–Trinajstić information content (AvgIpc) is 3.12. The van der Waals surface area contributed by atoms with Crippen molar-refractivity contribution in [3.05, 3.63) is 0 Å². The lowest BCUT2D eigenvalue weighted by Crippen LogP contribution is -2.45. The van der Waals surface area contributed by atoms with Crippen molar-refractivity contribution < 1.29 is 19.4 Å². The molecule has 3 aliphatic rings. The average molecular weight is 351 g/mol. The molecule has 1 aliphatic carbocycles. The molecular formula is C20H33NO4. The number of rotatable bonds is 5. The van der Waals surface area contributed by atoms with Crippen molar-refractivity contribution in [1.29, 1.82) is 0 Å². The summed E-state index contributed by atoms with van der Waals surface area (Å²) in [5, 5.41) is 9.34. The smallest absolute Gasteiger partial charge is 0.309 e. The zero-order valence-electron chi connectivity index (χ0n) is 15.5. The van der Waals surface area contributed by atoms with Crippen molar-refractivity contribution in [3.8, 4) is 0 Å². The van der Waals surface area contributed by atoms with E-state index in [-0.39, 0.29) is 23.9 Å². The zero-order chi connectivity index (χ0) is 17.8. The van der Waals surface area contributed by atoms with Gasteiger partial charge in [0, 0.05) is 25.6 Å². The highest BCUT2D eigenvalue weighted by Crippen LogP contribution is 2.34. The molecule has 142 valence electrons. The van der Waals surface area contributed by atoms with E-state index in [4.69, 9.17) is 4.74 Å². The molecule has 2 heterocycles. The van der Waals surface area contributed by atoms with Crippen LogP contribution < -0.4 is 0 Å². The van der Waals surface area contributed by atoms with Crippen molar-refractivity contribution >= 4 is 11.9 Å². The Bertz CT molecular complexity index is 466. The van der Waals surface area contributed by atoms with Gasteiger partial charge in [-0.3, -0.25) is 9.59 Å².